The van der Waals surface area contributed by atoms with Crippen LogP contribution in [0.1, 0.15) is 13.8 Å². The first kappa shape index (κ1) is 12.9. The van der Waals surface area contributed by atoms with Gasteiger partial charge in [0.2, 0.25) is 0 Å². The molecule has 0 saturated heterocycles. The van der Waals surface area contributed by atoms with Gasteiger partial charge in [-0.05, 0) is 13.8 Å². The normalized spacial score (nSPS) is 12.7. The number of allylic oxidation sites excluding steroid dienone is 1. The summed E-state index contributed by atoms with van der Waals surface area (Å²) in [5.74, 6) is 0.208. The van der Waals surface area contributed by atoms with Crippen molar-refractivity contribution in [2.24, 2.45) is 0 Å². The van der Waals surface area contributed by atoms with Gasteiger partial charge in [-0.2, -0.15) is 0 Å². The fraction of sp³-hybridized carbons (Fsp3) is 0.778. The molecule has 0 aliphatic rings. The fourth-order valence-corrected chi connectivity index (χ4v) is 7.35. The molecule has 13 heavy (non-hydrogen) atoms. The van der Waals surface area contributed by atoms with Gasteiger partial charge in [0.15, 0.2) is 9.84 Å². The summed E-state index contributed by atoms with van der Waals surface area (Å²) in [7, 11) is -4.33. The van der Waals surface area contributed by atoms with Crippen molar-refractivity contribution in [1.29, 1.82) is 0 Å². The average Bonchev–Trinajstić information content (AvgIpc) is 1.78. The topological polar surface area (TPSA) is 34.1 Å². The van der Waals surface area contributed by atoms with Crippen molar-refractivity contribution < 1.29 is 8.42 Å². The minimum Gasteiger partial charge on any atom is -0.229 e. The molecule has 0 N–H and O–H groups in total. The standard InChI is InChI=1S/C9H20O2SSi/c1-9(2)6-7-12(10,11)8-13(3,4)5/h6H,7-8H2,1-5H3. The van der Waals surface area contributed by atoms with Gasteiger partial charge in [-0.25, -0.2) is 8.42 Å². The SMILES string of the molecule is CC(C)=CCS(=O)(=O)C[Si](C)(C)C. The Morgan fingerprint density at radius 2 is 1.69 bits per heavy atom. The molecule has 2 nitrogen and oxygen atoms in total. The molecule has 4 heteroatoms. The Bertz CT molecular complexity index is 279. The average molecular weight is 220 g/mol. The van der Waals surface area contributed by atoms with Gasteiger partial charge in [0, 0.05) is 5.38 Å². The van der Waals surface area contributed by atoms with Gasteiger partial charge in [0.05, 0.1) is 13.8 Å². The number of rotatable bonds is 4. The molecule has 0 aliphatic heterocycles. The Kier molecular flexibility index (Phi) is 4.39. The second-order valence-corrected chi connectivity index (χ2v) is 13.0. The maximum absolute atomic E-state index is 11.5. The molecule has 0 heterocycles. The zero-order valence-corrected chi connectivity index (χ0v) is 11.0. The van der Waals surface area contributed by atoms with Crippen molar-refractivity contribution in [2.45, 2.75) is 33.5 Å². The van der Waals surface area contributed by atoms with E-state index in [1.54, 1.807) is 6.08 Å². The molecule has 78 valence electrons. The van der Waals surface area contributed by atoms with Gasteiger partial charge in [-0.15, -0.1) is 0 Å². The highest BCUT2D eigenvalue weighted by atomic mass is 32.2. The zero-order chi connectivity index (χ0) is 10.7. The monoisotopic (exact) mass is 220 g/mol. The van der Waals surface area contributed by atoms with Crippen LogP contribution in [0.3, 0.4) is 0 Å². The van der Waals surface area contributed by atoms with E-state index in [0.717, 1.165) is 5.57 Å². The van der Waals surface area contributed by atoms with Gasteiger partial charge >= 0.3 is 0 Å². The predicted molar refractivity (Wildman–Crippen MR) is 61.4 cm³/mol. The molecule has 0 unspecified atom stereocenters. The highest BCUT2D eigenvalue weighted by Gasteiger charge is 2.22. The largest absolute Gasteiger partial charge is 0.229 e. The Morgan fingerprint density at radius 1 is 1.23 bits per heavy atom. The van der Waals surface area contributed by atoms with Crippen LogP contribution in [0.25, 0.3) is 0 Å². The molecular formula is C9H20O2SSi. The van der Waals surface area contributed by atoms with Crippen LogP contribution in [0.15, 0.2) is 11.6 Å². The van der Waals surface area contributed by atoms with E-state index in [1.807, 2.05) is 13.8 Å². The summed E-state index contributed by atoms with van der Waals surface area (Å²) in [5.41, 5.74) is 1.07. The third-order valence-electron chi connectivity index (χ3n) is 1.40. The van der Waals surface area contributed by atoms with E-state index in [1.165, 1.54) is 0 Å². The zero-order valence-electron chi connectivity index (χ0n) is 9.22. The summed E-state index contributed by atoms with van der Waals surface area (Å²) in [6.45, 7) is 10.1. The van der Waals surface area contributed by atoms with Crippen molar-refractivity contribution >= 4 is 17.9 Å². The van der Waals surface area contributed by atoms with Crippen LogP contribution >= 0.6 is 0 Å². The van der Waals surface area contributed by atoms with E-state index < -0.39 is 17.9 Å². The van der Waals surface area contributed by atoms with Gasteiger partial charge in [0.1, 0.15) is 0 Å². The van der Waals surface area contributed by atoms with Crippen LogP contribution in [-0.4, -0.2) is 27.6 Å². The fourth-order valence-electron chi connectivity index (χ4n) is 1.01. The lowest BCUT2D eigenvalue weighted by Crippen LogP contribution is -2.33. The first-order valence-corrected chi connectivity index (χ1v) is 9.99. The quantitative estimate of drug-likeness (QED) is 0.538. The van der Waals surface area contributed by atoms with Crippen LogP contribution in [0.4, 0.5) is 0 Å². The summed E-state index contributed by atoms with van der Waals surface area (Å²) >= 11 is 0. The highest BCUT2D eigenvalue weighted by Crippen LogP contribution is 2.06. The maximum atomic E-state index is 11.5. The van der Waals surface area contributed by atoms with E-state index in [-0.39, 0.29) is 5.75 Å². The van der Waals surface area contributed by atoms with Crippen molar-refractivity contribution in [3.8, 4) is 0 Å². The molecule has 0 aromatic heterocycles. The molecule has 0 radical (unpaired) electrons. The number of hydrogen-bond acceptors (Lipinski definition) is 2. The summed E-state index contributed by atoms with van der Waals surface area (Å²) in [4.78, 5) is 0. The molecule has 0 aromatic rings. The van der Waals surface area contributed by atoms with Crippen LogP contribution in [0, 0.1) is 0 Å². The Balaban J connectivity index is 4.36. The van der Waals surface area contributed by atoms with Crippen LogP contribution in [0.5, 0.6) is 0 Å². The van der Waals surface area contributed by atoms with Gasteiger partial charge in [0.25, 0.3) is 0 Å². The van der Waals surface area contributed by atoms with Crippen LogP contribution in [0.2, 0.25) is 19.6 Å². The molecule has 0 spiro atoms. The third kappa shape index (κ3) is 8.24. The molecule has 0 rings (SSSR count). The van der Waals surface area contributed by atoms with Crippen molar-refractivity contribution in [3.63, 3.8) is 0 Å². The van der Waals surface area contributed by atoms with E-state index in [4.69, 9.17) is 0 Å². The van der Waals surface area contributed by atoms with Crippen molar-refractivity contribution in [3.05, 3.63) is 11.6 Å². The summed E-state index contributed by atoms with van der Waals surface area (Å²) < 4.78 is 23.1. The van der Waals surface area contributed by atoms with Gasteiger partial charge in [-0.3, -0.25) is 0 Å². The maximum Gasteiger partial charge on any atom is 0.151 e. The highest BCUT2D eigenvalue weighted by molar-refractivity contribution is 7.93. The first-order chi connectivity index (χ1) is 5.62. The molecule has 0 bridgehead atoms. The molecule has 0 aromatic carbocycles. The smallest absolute Gasteiger partial charge is 0.151 e. The van der Waals surface area contributed by atoms with Gasteiger partial charge < -0.3 is 0 Å². The molecule has 0 aliphatic carbocycles. The molecule has 0 amide bonds. The lowest BCUT2D eigenvalue weighted by molar-refractivity contribution is 0.602. The molecule has 0 saturated carbocycles. The summed E-state index contributed by atoms with van der Waals surface area (Å²) in [6, 6.07) is 0. The lowest BCUT2D eigenvalue weighted by atomic mass is 10.3. The third-order valence-corrected chi connectivity index (χ3v) is 7.30. The van der Waals surface area contributed by atoms with Crippen LogP contribution < -0.4 is 0 Å². The summed E-state index contributed by atoms with van der Waals surface area (Å²) in [6.07, 6.45) is 1.79. The lowest BCUT2D eigenvalue weighted by Gasteiger charge is -2.14. The van der Waals surface area contributed by atoms with E-state index >= 15 is 0 Å². The van der Waals surface area contributed by atoms with Crippen molar-refractivity contribution in [1.82, 2.24) is 0 Å². The Hall–Kier alpha value is -0.0931. The predicted octanol–water partition coefficient (Wildman–Crippen LogP) is 2.24. The molecule has 0 atom stereocenters. The minimum absolute atomic E-state index is 0.208. The van der Waals surface area contributed by atoms with E-state index in [9.17, 15) is 8.42 Å². The van der Waals surface area contributed by atoms with E-state index in [0.29, 0.717) is 5.38 Å². The molecule has 0 fully saturated rings. The summed E-state index contributed by atoms with van der Waals surface area (Å²) in [5, 5.41) is 0.393. The second-order valence-electron chi connectivity index (χ2n) is 4.90. The first-order valence-electron chi connectivity index (χ1n) is 4.46. The van der Waals surface area contributed by atoms with E-state index in [2.05, 4.69) is 19.6 Å². The Morgan fingerprint density at radius 3 is 2.00 bits per heavy atom. The number of sulfone groups is 1. The number of hydrogen-bond donors (Lipinski definition) is 0. The van der Waals surface area contributed by atoms with Gasteiger partial charge in [-0.1, -0.05) is 31.3 Å². The van der Waals surface area contributed by atoms with Crippen LogP contribution in [-0.2, 0) is 9.84 Å². The molecular weight excluding hydrogens is 200 g/mol. The van der Waals surface area contributed by atoms with Crippen molar-refractivity contribution in [2.75, 3.05) is 11.1 Å². The Labute approximate surface area is 83.0 Å². The second kappa shape index (κ2) is 4.42. The minimum atomic E-state index is -2.85.